The minimum Gasteiger partial charge on any atom is -0.468 e. The van der Waals surface area contributed by atoms with E-state index >= 15 is 0 Å². The van der Waals surface area contributed by atoms with Gasteiger partial charge < -0.3 is 9.47 Å². The van der Waals surface area contributed by atoms with Gasteiger partial charge in [0, 0.05) is 6.92 Å². The highest BCUT2D eigenvalue weighted by atomic mass is 79.9. The Labute approximate surface area is 108 Å². The lowest BCUT2D eigenvalue weighted by atomic mass is 10.1. The minimum absolute atomic E-state index is 0.452. The summed E-state index contributed by atoms with van der Waals surface area (Å²) < 4.78 is 9.75. The highest BCUT2D eigenvalue weighted by molar-refractivity contribution is 9.10. The minimum atomic E-state index is -0.723. The zero-order chi connectivity index (χ0) is 12.8. The van der Waals surface area contributed by atoms with Crippen molar-refractivity contribution in [1.82, 2.24) is 0 Å². The van der Waals surface area contributed by atoms with Gasteiger partial charge in [-0.15, -0.1) is 0 Å². The Balaban J connectivity index is 2.95. The second-order valence-corrected chi connectivity index (χ2v) is 4.35. The van der Waals surface area contributed by atoms with Gasteiger partial charge in [-0.1, -0.05) is 46.3 Å². The molecule has 0 bridgehead atoms. The maximum absolute atomic E-state index is 11.4. The van der Waals surface area contributed by atoms with Gasteiger partial charge in [-0.25, -0.2) is 0 Å². The van der Waals surface area contributed by atoms with E-state index < -0.39 is 22.9 Å². The normalized spacial score (nSPS) is 13.6. The topological polar surface area (TPSA) is 52.6 Å². The van der Waals surface area contributed by atoms with E-state index in [-0.39, 0.29) is 0 Å². The monoisotopic (exact) mass is 300 g/mol. The molecule has 0 spiro atoms. The van der Waals surface area contributed by atoms with Gasteiger partial charge in [-0.05, 0) is 5.56 Å². The van der Waals surface area contributed by atoms with Gasteiger partial charge >= 0.3 is 11.9 Å². The second-order valence-electron chi connectivity index (χ2n) is 3.37. The number of benzene rings is 1. The van der Waals surface area contributed by atoms with Crippen molar-refractivity contribution in [3.8, 4) is 0 Å². The van der Waals surface area contributed by atoms with Crippen LogP contribution in [0.3, 0.4) is 0 Å². The van der Waals surface area contributed by atoms with Gasteiger partial charge in [0.15, 0.2) is 4.83 Å². The van der Waals surface area contributed by atoms with Crippen molar-refractivity contribution < 1.29 is 19.1 Å². The molecule has 2 unspecified atom stereocenters. The van der Waals surface area contributed by atoms with Crippen LogP contribution < -0.4 is 0 Å². The van der Waals surface area contributed by atoms with E-state index in [0.717, 1.165) is 5.56 Å². The van der Waals surface area contributed by atoms with Gasteiger partial charge in [0.1, 0.15) is 6.10 Å². The molecule has 0 aliphatic heterocycles. The van der Waals surface area contributed by atoms with Crippen LogP contribution in [0.25, 0.3) is 0 Å². The number of halogens is 1. The Morgan fingerprint density at radius 2 is 1.82 bits per heavy atom. The molecule has 4 nitrogen and oxygen atoms in total. The van der Waals surface area contributed by atoms with E-state index in [9.17, 15) is 9.59 Å². The van der Waals surface area contributed by atoms with E-state index in [1.165, 1.54) is 14.0 Å². The lowest BCUT2D eigenvalue weighted by Crippen LogP contribution is -2.27. The first-order valence-corrected chi connectivity index (χ1v) is 5.92. The molecule has 0 radical (unpaired) electrons. The number of ether oxygens (including phenoxy) is 2. The summed E-state index contributed by atoms with van der Waals surface area (Å²) in [5, 5.41) is 0. The van der Waals surface area contributed by atoms with Crippen LogP contribution in [0.4, 0.5) is 0 Å². The molecule has 0 fully saturated rings. The predicted octanol–water partition coefficient (Wildman–Crippen LogP) is 2.23. The summed E-state index contributed by atoms with van der Waals surface area (Å²) >= 11 is 3.18. The van der Waals surface area contributed by atoms with Gasteiger partial charge in [0.05, 0.1) is 7.11 Å². The third kappa shape index (κ3) is 3.85. The van der Waals surface area contributed by atoms with Crippen LogP contribution in [-0.4, -0.2) is 23.9 Å². The Kier molecular flexibility index (Phi) is 5.15. The fourth-order valence-electron chi connectivity index (χ4n) is 1.35. The van der Waals surface area contributed by atoms with E-state index in [1.807, 2.05) is 18.2 Å². The molecule has 0 saturated heterocycles. The van der Waals surface area contributed by atoms with Crippen molar-refractivity contribution in [3.63, 3.8) is 0 Å². The van der Waals surface area contributed by atoms with Gasteiger partial charge in [0.2, 0.25) is 0 Å². The van der Waals surface area contributed by atoms with E-state index in [1.54, 1.807) is 12.1 Å². The zero-order valence-corrected chi connectivity index (χ0v) is 11.1. The van der Waals surface area contributed by atoms with Crippen molar-refractivity contribution in [3.05, 3.63) is 35.9 Å². The molecule has 92 valence electrons. The average Bonchev–Trinajstić information content (AvgIpc) is 2.35. The van der Waals surface area contributed by atoms with E-state index in [0.29, 0.717) is 0 Å². The number of rotatable bonds is 4. The number of methoxy groups -OCH3 is 1. The van der Waals surface area contributed by atoms with Crippen LogP contribution in [-0.2, 0) is 19.1 Å². The second kappa shape index (κ2) is 6.39. The van der Waals surface area contributed by atoms with E-state index in [2.05, 4.69) is 20.7 Å². The molecule has 0 aromatic heterocycles. The first-order valence-electron chi connectivity index (χ1n) is 5.00. The van der Waals surface area contributed by atoms with Gasteiger partial charge in [-0.2, -0.15) is 0 Å². The third-order valence-electron chi connectivity index (χ3n) is 2.11. The molecule has 5 heteroatoms. The Morgan fingerprint density at radius 3 is 2.29 bits per heavy atom. The maximum Gasteiger partial charge on any atom is 0.323 e. The summed E-state index contributed by atoms with van der Waals surface area (Å²) in [4.78, 5) is 21.8. The molecule has 0 amide bonds. The zero-order valence-electron chi connectivity index (χ0n) is 9.55. The van der Waals surface area contributed by atoms with Crippen LogP contribution in [0, 0.1) is 0 Å². The Morgan fingerprint density at radius 1 is 1.24 bits per heavy atom. The molecule has 1 aromatic rings. The number of carbonyl (C=O) groups is 2. The molecule has 0 N–H and O–H groups in total. The molecule has 17 heavy (non-hydrogen) atoms. The van der Waals surface area contributed by atoms with Crippen molar-refractivity contribution in [2.24, 2.45) is 0 Å². The molecule has 0 heterocycles. The number of esters is 2. The summed E-state index contributed by atoms with van der Waals surface area (Å²) in [7, 11) is 1.28. The number of hydrogen-bond donors (Lipinski definition) is 0. The predicted molar refractivity (Wildman–Crippen MR) is 65.7 cm³/mol. The fraction of sp³-hybridized carbons (Fsp3) is 0.333. The Bertz CT molecular complexity index is 391. The highest BCUT2D eigenvalue weighted by Gasteiger charge is 2.30. The smallest absolute Gasteiger partial charge is 0.323 e. The van der Waals surface area contributed by atoms with Crippen LogP contribution >= 0.6 is 15.9 Å². The SMILES string of the molecule is COC(=O)C(Br)C(OC(C)=O)c1ccccc1. The average molecular weight is 301 g/mol. The quantitative estimate of drug-likeness (QED) is 0.632. The highest BCUT2D eigenvalue weighted by Crippen LogP contribution is 2.27. The van der Waals surface area contributed by atoms with E-state index in [4.69, 9.17) is 4.74 Å². The van der Waals surface area contributed by atoms with Crippen LogP contribution in [0.5, 0.6) is 0 Å². The molecule has 1 aromatic carbocycles. The first kappa shape index (κ1) is 13.7. The maximum atomic E-state index is 11.4. The lowest BCUT2D eigenvalue weighted by Gasteiger charge is -2.20. The largest absolute Gasteiger partial charge is 0.468 e. The summed E-state index contributed by atoms with van der Waals surface area (Å²) in [5.41, 5.74) is 0.731. The summed E-state index contributed by atoms with van der Waals surface area (Å²) in [5.74, 6) is -0.938. The third-order valence-corrected chi connectivity index (χ3v) is 2.97. The lowest BCUT2D eigenvalue weighted by molar-refractivity contribution is -0.151. The summed E-state index contributed by atoms with van der Waals surface area (Å²) in [6, 6.07) is 9.02. The standard InChI is InChI=1S/C12H13BrO4/c1-8(14)17-11(10(13)12(15)16-2)9-6-4-3-5-7-9/h3-7,10-11H,1-2H3. The number of alkyl halides is 1. The van der Waals surface area contributed by atoms with Crippen molar-refractivity contribution >= 4 is 27.9 Å². The molecule has 1 rings (SSSR count). The van der Waals surface area contributed by atoms with Crippen molar-refractivity contribution in [2.45, 2.75) is 17.9 Å². The van der Waals surface area contributed by atoms with Crippen LogP contribution in [0.15, 0.2) is 30.3 Å². The fourth-order valence-corrected chi connectivity index (χ4v) is 1.95. The van der Waals surface area contributed by atoms with Crippen LogP contribution in [0.1, 0.15) is 18.6 Å². The first-order chi connectivity index (χ1) is 8.06. The molecule has 0 saturated carbocycles. The molecule has 2 atom stereocenters. The number of carbonyl (C=O) groups excluding carboxylic acids is 2. The van der Waals surface area contributed by atoms with Gasteiger partial charge in [-0.3, -0.25) is 9.59 Å². The van der Waals surface area contributed by atoms with Crippen LogP contribution in [0.2, 0.25) is 0 Å². The van der Waals surface area contributed by atoms with Gasteiger partial charge in [0.25, 0.3) is 0 Å². The summed E-state index contributed by atoms with van der Waals surface area (Å²) in [6.45, 7) is 1.30. The van der Waals surface area contributed by atoms with Crippen molar-refractivity contribution in [1.29, 1.82) is 0 Å². The molecule has 0 aliphatic carbocycles. The Hall–Kier alpha value is -1.36. The molecule has 0 aliphatic rings. The van der Waals surface area contributed by atoms with Crippen molar-refractivity contribution in [2.75, 3.05) is 7.11 Å². The number of hydrogen-bond acceptors (Lipinski definition) is 4. The summed E-state index contributed by atoms with van der Waals surface area (Å²) in [6.07, 6.45) is -0.693. The molecular weight excluding hydrogens is 288 g/mol. The molecular formula is C12H13BrO4.